The van der Waals surface area contributed by atoms with E-state index in [1.54, 1.807) is 22.8 Å². The van der Waals surface area contributed by atoms with Crippen molar-refractivity contribution in [3.63, 3.8) is 0 Å². The number of carbonyl (C=O) groups is 1. The van der Waals surface area contributed by atoms with Crippen molar-refractivity contribution in [1.82, 2.24) is 39.8 Å². The van der Waals surface area contributed by atoms with Crippen LogP contribution in [-0.4, -0.2) is 57.4 Å². The highest BCUT2D eigenvalue weighted by molar-refractivity contribution is 6.33. The summed E-state index contributed by atoms with van der Waals surface area (Å²) in [5.41, 5.74) is 2.84. The molecule has 170 valence electrons. The predicted molar refractivity (Wildman–Crippen MR) is 120 cm³/mol. The number of anilines is 1. The van der Waals surface area contributed by atoms with Crippen LogP contribution in [0.25, 0.3) is 17.2 Å². The number of pyridine rings is 1. The highest BCUT2D eigenvalue weighted by Crippen LogP contribution is 2.46. The maximum atomic E-state index is 13.2. The molecule has 1 amide bonds. The summed E-state index contributed by atoms with van der Waals surface area (Å²) in [6.07, 6.45) is 3.79. The standard InChI is InChI=1S/C20H19Cl2N9O2/c1-20(2)7-11(12-9-23-15-6-14(22)27-31(15)17(12)20)19(33)25-10-5-13(21)16(24-8-10)18-26-29-30(28-18)3-4-32/h5-6,8-9,11,32H,3-4,7H2,1-2H3,(H,25,33). The number of aliphatic hydroxyl groups excluding tert-OH is 1. The summed E-state index contributed by atoms with van der Waals surface area (Å²) >= 11 is 12.5. The van der Waals surface area contributed by atoms with E-state index in [-0.39, 0.29) is 35.3 Å². The van der Waals surface area contributed by atoms with E-state index in [0.717, 1.165) is 11.3 Å². The predicted octanol–water partition coefficient (Wildman–Crippen LogP) is 2.48. The summed E-state index contributed by atoms with van der Waals surface area (Å²) in [4.78, 5) is 23.2. The molecule has 0 aromatic carbocycles. The Morgan fingerprint density at radius 3 is 2.82 bits per heavy atom. The van der Waals surface area contributed by atoms with Crippen molar-refractivity contribution in [3.05, 3.63) is 46.0 Å². The average molecular weight is 488 g/mol. The number of nitrogens with one attached hydrogen (secondary N) is 1. The minimum absolute atomic E-state index is 0.114. The Hall–Kier alpha value is -3.15. The third-order valence-electron chi connectivity index (χ3n) is 5.60. The lowest BCUT2D eigenvalue weighted by Crippen LogP contribution is -2.21. The van der Waals surface area contributed by atoms with Crippen LogP contribution in [0.15, 0.2) is 24.5 Å². The number of tetrazole rings is 1. The summed E-state index contributed by atoms with van der Waals surface area (Å²) in [6, 6.07) is 3.28. The number of amides is 1. The molecule has 0 fully saturated rings. The van der Waals surface area contributed by atoms with Crippen LogP contribution in [0.4, 0.5) is 5.69 Å². The number of nitrogens with zero attached hydrogens (tertiary/aromatic N) is 8. The molecule has 2 N–H and O–H groups in total. The van der Waals surface area contributed by atoms with E-state index in [1.165, 1.54) is 11.0 Å². The quantitative estimate of drug-likeness (QED) is 0.437. The van der Waals surface area contributed by atoms with Gasteiger partial charge in [-0.1, -0.05) is 37.0 Å². The van der Waals surface area contributed by atoms with Crippen LogP contribution in [0.2, 0.25) is 10.2 Å². The molecule has 0 saturated carbocycles. The third-order valence-corrected chi connectivity index (χ3v) is 6.08. The van der Waals surface area contributed by atoms with E-state index in [0.29, 0.717) is 28.6 Å². The molecule has 0 saturated heterocycles. The normalized spacial score (nSPS) is 16.8. The van der Waals surface area contributed by atoms with Crippen LogP contribution in [-0.2, 0) is 16.8 Å². The van der Waals surface area contributed by atoms with Gasteiger partial charge in [-0.2, -0.15) is 9.90 Å². The monoisotopic (exact) mass is 487 g/mol. The SMILES string of the molecule is CC1(C)CC(C(=O)Nc2cnc(-c3nnn(CCO)n3)c(Cl)c2)c2cnc3cc(Cl)nn3c21. The molecule has 4 aromatic rings. The minimum atomic E-state index is -0.423. The molecule has 1 unspecified atom stereocenters. The number of hydrogen-bond acceptors (Lipinski definition) is 8. The Bertz CT molecular complexity index is 1380. The minimum Gasteiger partial charge on any atom is -0.394 e. The molecule has 13 heteroatoms. The van der Waals surface area contributed by atoms with Crippen molar-refractivity contribution in [2.75, 3.05) is 11.9 Å². The number of halogens is 2. The molecule has 1 aliphatic carbocycles. The zero-order chi connectivity index (χ0) is 23.3. The van der Waals surface area contributed by atoms with Crippen LogP contribution in [0.5, 0.6) is 0 Å². The Balaban J connectivity index is 1.40. The van der Waals surface area contributed by atoms with Gasteiger partial charge in [0.1, 0.15) is 5.69 Å². The van der Waals surface area contributed by atoms with Gasteiger partial charge in [-0.25, -0.2) is 14.5 Å². The van der Waals surface area contributed by atoms with Crippen molar-refractivity contribution in [2.45, 2.75) is 38.1 Å². The second-order valence-electron chi connectivity index (χ2n) is 8.42. The molecule has 4 aromatic heterocycles. The Morgan fingerprint density at radius 2 is 2.06 bits per heavy atom. The topological polar surface area (TPSA) is 136 Å². The Morgan fingerprint density at radius 1 is 1.24 bits per heavy atom. The van der Waals surface area contributed by atoms with Gasteiger partial charge in [0, 0.05) is 23.2 Å². The van der Waals surface area contributed by atoms with E-state index in [1.807, 2.05) is 0 Å². The van der Waals surface area contributed by atoms with E-state index in [2.05, 4.69) is 49.6 Å². The van der Waals surface area contributed by atoms with Gasteiger partial charge in [0.15, 0.2) is 10.8 Å². The largest absolute Gasteiger partial charge is 0.394 e. The highest BCUT2D eigenvalue weighted by Gasteiger charge is 2.43. The molecule has 33 heavy (non-hydrogen) atoms. The van der Waals surface area contributed by atoms with Crippen LogP contribution in [0.1, 0.15) is 37.4 Å². The van der Waals surface area contributed by atoms with Gasteiger partial charge < -0.3 is 10.4 Å². The lowest BCUT2D eigenvalue weighted by molar-refractivity contribution is -0.117. The molecule has 1 aliphatic rings. The number of carbonyl (C=O) groups excluding carboxylic acids is 1. The first-order valence-corrected chi connectivity index (χ1v) is 10.9. The van der Waals surface area contributed by atoms with Gasteiger partial charge in [-0.05, 0) is 17.7 Å². The summed E-state index contributed by atoms with van der Waals surface area (Å²) < 4.78 is 1.72. The van der Waals surface area contributed by atoms with Crippen LogP contribution in [0.3, 0.4) is 0 Å². The Kier molecular flexibility index (Phi) is 5.26. The molecule has 5 rings (SSSR count). The number of rotatable bonds is 5. The number of fused-ring (bicyclic) bond motifs is 3. The number of hydrogen-bond donors (Lipinski definition) is 2. The third kappa shape index (κ3) is 3.81. The van der Waals surface area contributed by atoms with E-state index >= 15 is 0 Å². The zero-order valence-electron chi connectivity index (χ0n) is 17.7. The maximum Gasteiger partial charge on any atom is 0.232 e. The smallest absolute Gasteiger partial charge is 0.232 e. The number of aromatic nitrogens is 8. The molecule has 1 atom stereocenters. The second kappa shape index (κ2) is 8.01. The van der Waals surface area contributed by atoms with Crippen LogP contribution in [0, 0.1) is 0 Å². The molecule has 0 bridgehead atoms. The van der Waals surface area contributed by atoms with E-state index in [9.17, 15) is 4.79 Å². The van der Waals surface area contributed by atoms with Crippen molar-refractivity contribution in [2.24, 2.45) is 0 Å². The van der Waals surface area contributed by atoms with Gasteiger partial charge in [-0.3, -0.25) is 4.79 Å². The molecular formula is C20H19Cl2N9O2. The first kappa shape index (κ1) is 21.7. The van der Waals surface area contributed by atoms with Gasteiger partial charge in [0.25, 0.3) is 0 Å². The van der Waals surface area contributed by atoms with Crippen molar-refractivity contribution in [3.8, 4) is 11.5 Å². The van der Waals surface area contributed by atoms with E-state index in [4.69, 9.17) is 28.3 Å². The average Bonchev–Trinajstić information content (AvgIpc) is 3.43. The summed E-state index contributed by atoms with van der Waals surface area (Å²) in [7, 11) is 0. The number of aliphatic hydroxyl groups is 1. The molecule has 0 aliphatic heterocycles. The molecule has 4 heterocycles. The van der Waals surface area contributed by atoms with Crippen molar-refractivity contribution in [1.29, 1.82) is 0 Å². The lowest BCUT2D eigenvalue weighted by atomic mass is 9.88. The summed E-state index contributed by atoms with van der Waals surface area (Å²) in [6.45, 7) is 4.23. The lowest BCUT2D eigenvalue weighted by Gasteiger charge is -2.19. The zero-order valence-corrected chi connectivity index (χ0v) is 19.2. The van der Waals surface area contributed by atoms with Gasteiger partial charge >= 0.3 is 0 Å². The van der Waals surface area contributed by atoms with E-state index < -0.39 is 5.92 Å². The summed E-state index contributed by atoms with van der Waals surface area (Å²) in [5.74, 6) is -0.391. The fraction of sp³-hybridized carbons (Fsp3) is 0.350. The Labute approximate surface area is 197 Å². The molecular weight excluding hydrogens is 469 g/mol. The molecule has 0 spiro atoms. The highest BCUT2D eigenvalue weighted by atomic mass is 35.5. The van der Waals surface area contributed by atoms with Crippen molar-refractivity contribution >= 4 is 40.4 Å². The van der Waals surface area contributed by atoms with Gasteiger partial charge in [0.2, 0.25) is 11.7 Å². The molecule has 0 radical (unpaired) electrons. The fourth-order valence-corrected chi connectivity index (χ4v) is 4.65. The van der Waals surface area contributed by atoms with Crippen molar-refractivity contribution < 1.29 is 9.90 Å². The second-order valence-corrected chi connectivity index (χ2v) is 9.21. The van der Waals surface area contributed by atoms with Gasteiger partial charge in [-0.15, -0.1) is 10.2 Å². The molecule has 11 nitrogen and oxygen atoms in total. The van der Waals surface area contributed by atoms with Crippen LogP contribution >= 0.6 is 23.2 Å². The first-order chi connectivity index (χ1) is 15.8. The summed E-state index contributed by atoms with van der Waals surface area (Å²) in [5, 5.41) is 28.7. The fourth-order valence-electron chi connectivity index (χ4n) is 4.22. The van der Waals surface area contributed by atoms with Gasteiger partial charge in [0.05, 0.1) is 41.7 Å². The first-order valence-electron chi connectivity index (χ1n) is 10.2. The van der Waals surface area contributed by atoms with Crippen LogP contribution < -0.4 is 5.32 Å². The maximum absolute atomic E-state index is 13.2.